The second-order valence-corrected chi connectivity index (χ2v) is 6.41. The number of benzene rings is 2. The lowest BCUT2D eigenvalue weighted by atomic mass is 10.1. The van der Waals surface area contributed by atoms with E-state index in [4.69, 9.17) is 4.74 Å². The van der Waals surface area contributed by atoms with Crippen LogP contribution in [0.1, 0.15) is 21.5 Å². The molecule has 0 fully saturated rings. The van der Waals surface area contributed by atoms with Crippen molar-refractivity contribution < 1.29 is 14.4 Å². The van der Waals surface area contributed by atoms with E-state index >= 15 is 0 Å². The van der Waals surface area contributed by atoms with E-state index in [1.165, 1.54) is 16.0 Å². The lowest BCUT2D eigenvalue weighted by Crippen LogP contribution is -3.06. The molecule has 1 amide bonds. The third-order valence-electron chi connectivity index (χ3n) is 3.67. The van der Waals surface area contributed by atoms with Crippen LogP contribution in [-0.4, -0.2) is 27.1 Å². The molecule has 0 bridgehead atoms. The standard InChI is InChI=1S/C18H21BrN2O2/c1-20-18(22)15-7-4-13(5-8-15)11-21(2)12-14-6-9-17(23-3)16(19)10-14/h4-10H,11-12H2,1-3H3,(H,20,22)/p+1. The Kier molecular flexibility index (Phi) is 6.19. The smallest absolute Gasteiger partial charge is 0.251 e. The largest absolute Gasteiger partial charge is 0.496 e. The second kappa shape index (κ2) is 8.13. The fraction of sp³-hybridized carbons (Fsp3) is 0.278. The number of halogens is 1. The molecule has 0 radical (unpaired) electrons. The van der Waals surface area contributed by atoms with Gasteiger partial charge in [-0.05, 0) is 46.3 Å². The number of ether oxygens (including phenoxy) is 1. The first-order chi connectivity index (χ1) is 11.0. The summed E-state index contributed by atoms with van der Waals surface area (Å²) >= 11 is 3.52. The number of carbonyl (C=O) groups is 1. The van der Waals surface area contributed by atoms with E-state index in [1.807, 2.05) is 30.3 Å². The minimum Gasteiger partial charge on any atom is -0.496 e. The summed E-state index contributed by atoms with van der Waals surface area (Å²) in [5.41, 5.74) is 3.15. The molecule has 23 heavy (non-hydrogen) atoms. The average molecular weight is 378 g/mol. The quantitative estimate of drug-likeness (QED) is 0.808. The third kappa shape index (κ3) is 4.81. The van der Waals surface area contributed by atoms with Crippen molar-refractivity contribution in [1.29, 1.82) is 0 Å². The Balaban J connectivity index is 1.97. The molecule has 2 rings (SSSR count). The Labute approximate surface area is 145 Å². The number of amides is 1. The Hall–Kier alpha value is -1.85. The number of carbonyl (C=O) groups excluding carboxylic acids is 1. The van der Waals surface area contributed by atoms with Gasteiger partial charge in [0.15, 0.2) is 0 Å². The van der Waals surface area contributed by atoms with Crippen LogP contribution in [-0.2, 0) is 13.1 Å². The molecular formula is C18H22BrN2O2+. The Morgan fingerprint density at radius 2 is 1.74 bits per heavy atom. The number of rotatable bonds is 6. The monoisotopic (exact) mass is 377 g/mol. The van der Waals surface area contributed by atoms with E-state index < -0.39 is 0 Å². The summed E-state index contributed by atoms with van der Waals surface area (Å²) in [6.45, 7) is 1.82. The van der Waals surface area contributed by atoms with Gasteiger partial charge >= 0.3 is 0 Å². The molecule has 1 atom stereocenters. The predicted molar refractivity (Wildman–Crippen MR) is 94.8 cm³/mol. The maximum absolute atomic E-state index is 11.5. The average Bonchev–Trinajstić information content (AvgIpc) is 2.55. The van der Waals surface area contributed by atoms with Crippen LogP contribution in [0.5, 0.6) is 5.75 Å². The highest BCUT2D eigenvalue weighted by atomic mass is 79.9. The topological polar surface area (TPSA) is 42.8 Å². The van der Waals surface area contributed by atoms with E-state index in [-0.39, 0.29) is 5.91 Å². The van der Waals surface area contributed by atoms with E-state index in [0.29, 0.717) is 5.56 Å². The predicted octanol–water partition coefficient (Wildman–Crippen LogP) is 2.03. The van der Waals surface area contributed by atoms with Crippen LogP contribution in [0, 0.1) is 0 Å². The zero-order chi connectivity index (χ0) is 16.8. The van der Waals surface area contributed by atoms with E-state index in [2.05, 4.69) is 40.4 Å². The van der Waals surface area contributed by atoms with Gasteiger partial charge in [0.05, 0.1) is 18.6 Å². The van der Waals surface area contributed by atoms with Crippen LogP contribution in [0.3, 0.4) is 0 Å². The zero-order valence-corrected chi connectivity index (χ0v) is 15.2. The van der Waals surface area contributed by atoms with Gasteiger partial charge < -0.3 is 15.0 Å². The molecule has 0 aliphatic rings. The Morgan fingerprint density at radius 1 is 1.13 bits per heavy atom. The molecular weight excluding hydrogens is 356 g/mol. The number of methoxy groups -OCH3 is 1. The van der Waals surface area contributed by atoms with Crippen molar-refractivity contribution in [2.45, 2.75) is 13.1 Å². The molecule has 0 heterocycles. The summed E-state index contributed by atoms with van der Waals surface area (Å²) < 4.78 is 6.23. The minimum absolute atomic E-state index is 0.0552. The van der Waals surface area contributed by atoms with Gasteiger partial charge in [-0.15, -0.1) is 0 Å². The van der Waals surface area contributed by atoms with Crippen molar-refractivity contribution in [3.05, 3.63) is 63.6 Å². The third-order valence-corrected chi connectivity index (χ3v) is 4.29. The second-order valence-electron chi connectivity index (χ2n) is 5.56. The lowest BCUT2D eigenvalue weighted by molar-refractivity contribution is -0.907. The summed E-state index contributed by atoms with van der Waals surface area (Å²) in [7, 11) is 5.46. The van der Waals surface area contributed by atoms with Crippen LogP contribution in [0.2, 0.25) is 0 Å². The molecule has 0 saturated heterocycles. The number of quaternary nitrogens is 1. The molecule has 4 nitrogen and oxygen atoms in total. The van der Waals surface area contributed by atoms with Crippen molar-refractivity contribution >= 4 is 21.8 Å². The molecule has 5 heteroatoms. The van der Waals surface area contributed by atoms with Gasteiger partial charge in [-0.25, -0.2) is 0 Å². The lowest BCUT2D eigenvalue weighted by Gasteiger charge is -2.15. The van der Waals surface area contributed by atoms with Gasteiger partial charge in [0, 0.05) is 23.7 Å². The van der Waals surface area contributed by atoms with E-state index in [9.17, 15) is 4.79 Å². The highest BCUT2D eigenvalue weighted by molar-refractivity contribution is 9.10. The van der Waals surface area contributed by atoms with Crippen LogP contribution in [0.25, 0.3) is 0 Å². The minimum atomic E-state index is -0.0552. The van der Waals surface area contributed by atoms with Crippen molar-refractivity contribution in [2.24, 2.45) is 0 Å². The van der Waals surface area contributed by atoms with Crippen LogP contribution < -0.4 is 15.0 Å². The molecule has 0 aliphatic carbocycles. The van der Waals surface area contributed by atoms with Crippen molar-refractivity contribution in [3.63, 3.8) is 0 Å². The number of hydrogen-bond acceptors (Lipinski definition) is 2. The van der Waals surface area contributed by atoms with Crippen LogP contribution >= 0.6 is 15.9 Å². The highest BCUT2D eigenvalue weighted by Gasteiger charge is 2.09. The van der Waals surface area contributed by atoms with Crippen molar-refractivity contribution in [3.8, 4) is 5.75 Å². The van der Waals surface area contributed by atoms with Crippen molar-refractivity contribution in [2.75, 3.05) is 21.2 Å². The van der Waals surface area contributed by atoms with E-state index in [0.717, 1.165) is 23.3 Å². The summed E-state index contributed by atoms with van der Waals surface area (Å²) in [6, 6.07) is 13.9. The zero-order valence-electron chi connectivity index (χ0n) is 13.7. The van der Waals surface area contributed by atoms with Crippen molar-refractivity contribution in [1.82, 2.24) is 5.32 Å². The van der Waals surface area contributed by atoms with Gasteiger partial charge in [-0.2, -0.15) is 0 Å². The first-order valence-corrected chi connectivity index (χ1v) is 8.27. The number of hydrogen-bond donors (Lipinski definition) is 2. The molecule has 122 valence electrons. The first kappa shape index (κ1) is 17.5. The molecule has 2 aromatic carbocycles. The number of nitrogens with one attached hydrogen (secondary N) is 2. The molecule has 0 aliphatic heterocycles. The SMILES string of the molecule is CNC(=O)c1ccc(C[NH+](C)Cc2ccc(OC)c(Br)c2)cc1. The molecule has 2 aromatic rings. The molecule has 0 aromatic heterocycles. The Bertz CT molecular complexity index is 671. The molecule has 2 N–H and O–H groups in total. The molecule has 1 unspecified atom stereocenters. The van der Waals surface area contributed by atoms with Crippen LogP contribution in [0.15, 0.2) is 46.9 Å². The fourth-order valence-electron chi connectivity index (χ4n) is 2.50. The van der Waals surface area contributed by atoms with Gasteiger partial charge in [0.2, 0.25) is 0 Å². The molecule has 0 saturated carbocycles. The summed E-state index contributed by atoms with van der Waals surface area (Å²) in [5, 5.41) is 2.63. The maximum Gasteiger partial charge on any atom is 0.251 e. The normalized spacial score (nSPS) is 11.8. The summed E-state index contributed by atoms with van der Waals surface area (Å²) in [4.78, 5) is 12.9. The Morgan fingerprint density at radius 3 is 2.30 bits per heavy atom. The van der Waals surface area contributed by atoms with Gasteiger partial charge in [0.1, 0.15) is 18.8 Å². The van der Waals surface area contributed by atoms with Crippen LogP contribution in [0.4, 0.5) is 0 Å². The van der Waals surface area contributed by atoms with E-state index in [1.54, 1.807) is 14.2 Å². The van der Waals surface area contributed by atoms with Gasteiger partial charge in [0.25, 0.3) is 5.91 Å². The van der Waals surface area contributed by atoms with Gasteiger partial charge in [-0.3, -0.25) is 4.79 Å². The first-order valence-electron chi connectivity index (χ1n) is 7.48. The molecule has 0 spiro atoms. The highest BCUT2D eigenvalue weighted by Crippen LogP contribution is 2.25. The fourth-order valence-corrected chi connectivity index (χ4v) is 3.09. The summed E-state index contributed by atoms with van der Waals surface area (Å²) in [6.07, 6.45) is 0. The summed E-state index contributed by atoms with van der Waals surface area (Å²) in [5.74, 6) is 0.788. The van der Waals surface area contributed by atoms with Gasteiger partial charge in [-0.1, -0.05) is 12.1 Å². The maximum atomic E-state index is 11.5.